The number of ether oxygens (including phenoxy) is 1. The molecule has 0 saturated carbocycles. The van der Waals surface area contributed by atoms with Gasteiger partial charge >= 0.3 is 0 Å². The molecule has 0 aliphatic heterocycles. The molecule has 0 amide bonds. The van der Waals surface area contributed by atoms with Crippen LogP contribution in [0.25, 0.3) is 6.08 Å². The van der Waals surface area contributed by atoms with E-state index in [1.807, 2.05) is 31.2 Å². The first-order valence-electron chi connectivity index (χ1n) is 6.99. The molecule has 5 heteroatoms. The minimum atomic E-state index is -3.36. The molecule has 1 aliphatic rings. The zero-order chi connectivity index (χ0) is 14.4. The summed E-state index contributed by atoms with van der Waals surface area (Å²) in [5.74, 6) is 0. The summed E-state index contributed by atoms with van der Waals surface area (Å²) in [4.78, 5) is 0.479. The van der Waals surface area contributed by atoms with Crippen LogP contribution in [0.3, 0.4) is 0 Å². The second-order valence-electron chi connectivity index (χ2n) is 4.76. The van der Waals surface area contributed by atoms with Crippen molar-refractivity contribution in [2.24, 2.45) is 0 Å². The fraction of sp³-hybridized carbons (Fsp3) is 0.467. The lowest BCUT2D eigenvalue weighted by Crippen LogP contribution is -2.27. The molecule has 1 aromatic rings. The highest BCUT2D eigenvalue weighted by Gasteiger charge is 2.20. The van der Waals surface area contributed by atoms with Crippen molar-refractivity contribution in [2.45, 2.75) is 26.2 Å². The number of aryl methyl sites for hydroxylation is 1. The summed E-state index contributed by atoms with van der Waals surface area (Å²) in [5, 5.41) is 0. The number of hydrogen-bond acceptors (Lipinski definition) is 3. The summed E-state index contributed by atoms with van der Waals surface area (Å²) in [5.41, 5.74) is 2.22. The third kappa shape index (κ3) is 3.91. The van der Waals surface area contributed by atoms with E-state index in [9.17, 15) is 8.42 Å². The molecule has 0 aromatic heterocycles. The van der Waals surface area contributed by atoms with E-state index in [4.69, 9.17) is 4.74 Å². The fourth-order valence-corrected chi connectivity index (χ4v) is 3.49. The minimum Gasteiger partial charge on any atom is -0.382 e. The Morgan fingerprint density at radius 3 is 2.85 bits per heavy atom. The van der Waals surface area contributed by atoms with Crippen molar-refractivity contribution < 1.29 is 13.2 Å². The third-order valence-corrected chi connectivity index (χ3v) is 4.92. The van der Waals surface area contributed by atoms with Crippen LogP contribution in [0, 0.1) is 0 Å². The average Bonchev–Trinajstić information content (AvgIpc) is 2.46. The molecule has 0 atom stereocenters. The first-order chi connectivity index (χ1) is 9.63. The van der Waals surface area contributed by atoms with Crippen molar-refractivity contribution in [3.05, 3.63) is 40.3 Å². The van der Waals surface area contributed by atoms with Crippen molar-refractivity contribution in [3.63, 3.8) is 0 Å². The zero-order valence-electron chi connectivity index (χ0n) is 11.8. The van der Waals surface area contributed by atoms with Crippen molar-refractivity contribution >= 4 is 16.1 Å². The van der Waals surface area contributed by atoms with E-state index in [0.717, 1.165) is 12.0 Å². The summed E-state index contributed by atoms with van der Waals surface area (Å²) in [6.07, 6.45) is 3.82. The van der Waals surface area contributed by atoms with Crippen molar-refractivity contribution in [3.8, 4) is 0 Å². The Morgan fingerprint density at radius 1 is 1.25 bits per heavy atom. The summed E-state index contributed by atoms with van der Waals surface area (Å²) in [7, 11) is -3.36. The number of nitrogens with one attached hydrogen (secondary N) is 1. The number of allylic oxidation sites excluding steroid dienone is 1. The Balaban J connectivity index is 1.99. The van der Waals surface area contributed by atoms with Gasteiger partial charge < -0.3 is 4.74 Å². The van der Waals surface area contributed by atoms with Gasteiger partial charge in [0.15, 0.2) is 0 Å². The van der Waals surface area contributed by atoms with Crippen LogP contribution < -0.4 is 4.72 Å². The second kappa shape index (κ2) is 7.02. The highest BCUT2D eigenvalue weighted by atomic mass is 32.2. The lowest BCUT2D eigenvalue weighted by Gasteiger charge is -2.17. The van der Waals surface area contributed by atoms with Crippen LogP contribution in [0.4, 0.5) is 0 Å². The summed E-state index contributed by atoms with van der Waals surface area (Å²) in [6.45, 7) is 3.59. The smallest absolute Gasteiger partial charge is 0.236 e. The fourth-order valence-electron chi connectivity index (χ4n) is 2.24. The number of fused-ring (bicyclic) bond motifs is 1. The first-order valence-corrected chi connectivity index (χ1v) is 8.47. The van der Waals surface area contributed by atoms with Gasteiger partial charge in [0.25, 0.3) is 0 Å². The van der Waals surface area contributed by atoms with Crippen LogP contribution in [-0.4, -0.2) is 28.2 Å². The number of benzene rings is 1. The Bertz CT molecular complexity index is 579. The molecule has 1 N–H and O–H groups in total. The molecule has 0 heterocycles. The maximum Gasteiger partial charge on any atom is 0.236 e. The molecule has 1 aromatic carbocycles. The topological polar surface area (TPSA) is 55.4 Å². The number of sulfonamides is 1. The van der Waals surface area contributed by atoms with E-state index < -0.39 is 10.0 Å². The van der Waals surface area contributed by atoms with E-state index in [-0.39, 0.29) is 0 Å². The Kier molecular flexibility index (Phi) is 5.34. The Labute approximate surface area is 120 Å². The molecule has 20 heavy (non-hydrogen) atoms. The van der Waals surface area contributed by atoms with Crippen LogP contribution in [-0.2, 0) is 21.2 Å². The van der Waals surface area contributed by atoms with Gasteiger partial charge in [0.1, 0.15) is 0 Å². The van der Waals surface area contributed by atoms with Crippen LogP contribution in [0.1, 0.15) is 30.9 Å². The first kappa shape index (κ1) is 15.2. The van der Waals surface area contributed by atoms with Gasteiger partial charge in [-0.2, -0.15) is 0 Å². The van der Waals surface area contributed by atoms with Gasteiger partial charge in [0, 0.05) is 19.8 Å². The monoisotopic (exact) mass is 295 g/mol. The summed E-state index contributed by atoms with van der Waals surface area (Å²) < 4.78 is 32.2. The van der Waals surface area contributed by atoms with Crippen molar-refractivity contribution in [1.29, 1.82) is 0 Å². The zero-order valence-corrected chi connectivity index (χ0v) is 12.6. The summed E-state index contributed by atoms with van der Waals surface area (Å²) >= 11 is 0. The molecule has 0 spiro atoms. The Morgan fingerprint density at radius 2 is 2.05 bits per heavy atom. The molecular weight excluding hydrogens is 274 g/mol. The molecule has 0 unspecified atom stereocenters. The van der Waals surface area contributed by atoms with Gasteiger partial charge in [-0.25, -0.2) is 13.1 Å². The van der Waals surface area contributed by atoms with E-state index in [1.165, 1.54) is 5.56 Å². The van der Waals surface area contributed by atoms with Crippen LogP contribution in [0.2, 0.25) is 0 Å². The van der Waals surface area contributed by atoms with E-state index in [2.05, 4.69) is 4.72 Å². The Hall–Kier alpha value is -1.17. The summed E-state index contributed by atoms with van der Waals surface area (Å²) in [6, 6.07) is 7.92. The van der Waals surface area contributed by atoms with Gasteiger partial charge in [-0.05, 0) is 43.4 Å². The molecular formula is C15H21NO3S. The highest BCUT2D eigenvalue weighted by molar-refractivity contribution is 7.93. The molecule has 0 saturated heterocycles. The molecule has 0 bridgehead atoms. The van der Waals surface area contributed by atoms with Crippen molar-refractivity contribution in [1.82, 2.24) is 4.72 Å². The standard InChI is InChI=1S/C15H21NO3S/c1-2-19-11-5-10-16-20(17,18)15-9-8-13-6-3-4-7-14(13)12-15/h3-4,6-7,12,16H,2,5,8-11H2,1H3. The SMILES string of the molecule is CCOCCCNS(=O)(=O)C1=Cc2ccccc2CC1. The second-order valence-corrected chi connectivity index (χ2v) is 6.58. The van der Waals surface area contributed by atoms with Gasteiger partial charge in [-0.3, -0.25) is 0 Å². The predicted octanol–water partition coefficient (Wildman–Crippen LogP) is 2.32. The van der Waals surface area contributed by atoms with Gasteiger partial charge in [-0.1, -0.05) is 24.3 Å². The highest BCUT2D eigenvalue weighted by Crippen LogP contribution is 2.26. The largest absolute Gasteiger partial charge is 0.382 e. The number of hydrogen-bond donors (Lipinski definition) is 1. The lowest BCUT2D eigenvalue weighted by molar-refractivity contribution is 0.146. The molecule has 2 rings (SSSR count). The van der Waals surface area contributed by atoms with Gasteiger partial charge in [0.05, 0.1) is 4.91 Å². The molecule has 0 radical (unpaired) electrons. The maximum absolute atomic E-state index is 12.2. The van der Waals surface area contributed by atoms with E-state index in [0.29, 0.717) is 37.5 Å². The third-order valence-electron chi connectivity index (χ3n) is 3.32. The quantitative estimate of drug-likeness (QED) is 0.785. The molecule has 4 nitrogen and oxygen atoms in total. The predicted molar refractivity (Wildman–Crippen MR) is 80.8 cm³/mol. The molecule has 0 fully saturated rings. The lowest BCUT2D eigenvalue weighted by atomic mass is 9.98. The van der Waals surface area contributed by atoms with Crippen LogP contribution in [0.5, 0.6) is 0 Å². The average molecular weight is 295 g/mol. The van der Waals surface area contributed by atoms with Gasteiger partial charge in [0.2, 0.25) is 10.0 Å². The molecule has 110 valence electrons. The normalized spacial score (nSPS) is 14.8. The van der Waals surface area contributed by atoms with Crippen LogP contribution >= 0.6 is 0 Å². The molecule has 1 aliphatic carbocycles. The number of rotatable bonds is 7. The van der Waals surface area contributed by atoms with E-state index >= 15 is 0 Å². The minimum absolute atomic E-state index is 0.418. The maximum atomic E-state index is 12.2. The van der Waals surface area contributed by atoms with Crippen molar-refractivity contribution in [2.75, 3.05) is 19.8 Å². The van der Waals surface area contributed by atoms with Crippen LogP contribution in [0.15, 0.2) is 29.2 Å². The van der Waals surface area contributed by atoms with Gasteiger partial charge in [-0.15, -0.1) is 0 Å². The van der Waals surface area contributed by atoms with E-state index in [1.54, 1.807) is 6.08 Å².